The van der Waals surface area contributed by atoms with Crippen molar-refractivity contribution in [3.8, 4) is 5.75 Å². The van der Waals surface area contributed by atoms with Gasteiger partial charge in [-0.15, -0.1) is 0 Å². The molecule has 1 aliphatic rings. The zero-order chi connectivity index (χ0) is 19.0. The smallest absolute Gasteiger partial charge is 0.224 e. The fourth-order valence-corrected chi connectivity index (χ4v) is 3.79. The summed E-state index contributed by atoms with van der Waals surface area (Å²) in [7, 11) is 0. The number of carbonyl (C=O) groups excluding carboxylic acids is 1. The molecule has 0 spiro atoms. The zero-order valence-corrected chi connectivity index (χ0v) is 16.7. The lowest BCUT2D eigenvalue weighted by molar-refractivity contribution is -0.115. The lowest BCUT2D eigenvalue weighted by Gasteiger charge is -2.20. The highest BCUT2D eigenvalue weighted by molar-refractivity contribution is 5.93. The van der Waals surface area contributed by atoms with Gasteiger partial charge in [0.1, 0.15) is 5.75 Å². The number of fused-ring (bicyclic) bond motifs is 1. The van der Waals surface area contributed by atoms with Crippen molar-refractivity contribution in [3.05, 3.63) is 57.6 Å². The summed E-state index contributed by atoms with van der Waals surface area (Å²) in [4.78, 5) is 12.0. The van der Waals surface area contributed by atoms with E-state index in [2.05, 4.69) is 64.2 Å². The monoisotopic (exact) mass is 351 g/mol. The molecule has 26 heavy (non-hydrogen) atoms. The van der Waals surface area contributed by atoms with Crippen molar-refractivity contribution >= 4 is 11.6 Å². The van der Waals surface area contributed by atoms with E-state index in [0.29, 0.717) is 18.9 Å². The van der Waals surface area contributed by atoms with Gasteiger partial charge in [-0.2, -0.15) is 0 Å². The normalized spacial score (nSPS) is 15.7. The van der Waals surface area contributed by atoms with E-state index in [4.69, 9.17) is 4.74 Å². The number of ether oxygens (including phenoxy) is 1. The Bertz CT molecular complexity index is 835. The molecule has 2 aromatic rings. The molecule has 138 valence electrons. The van der Waals surface area contributed by atoms with Crippen LogP contribution in [0, 0.1) is 20.8 Å². The van der Waals surface area contributed by atoms with Crippen molar-refractivity contribution in [1.29, 1.82) is 0 Å². The summed E-state index contributed by atoms with van der Waals surface area (Å²) in [6, 6.07) is 8.87. The second kappa shape index (κ2) is 7.14. The summed E-state index contributed by atoms with van der Waals surface area (Å²) >= 11 is 0. The van der Waals surface area contributed by atoms with Crippen LogP contribution in [0.2, 0.25) is 0 Å². The van der Waals surface area contributed by atoms with E-state index in [1.807, 2.05) is 6.92 Å². The first kappa shape index (κ1) is 18.5. The maximum absolute atomic E-state index is 12.0. The van der Waals surface area contributed by atoms with Crippen molar-refractivity contribution in [2.24, 2.45) is 0 Å². The summed E-state index contributed by atoms with van der Waals surface area (Å²) in [5, 5.41) is 3.10. The molecule has 1 heterocycles. The van der Waals surface area contributed by atoms with Crippen molar-refractivity contribution in [3.63, 3.8) is 0 Å². The molecule has 1 unspecified atom stereocenters. The van der Waals surface area contributed by atoms with Gasteiger partial charge in [-0.05, 0) is 54.5 Å². The SMILES string of the molecule is CCC(=O)Nc1c(C)c(C)c2c(c1C)C(c1ccc(C(C)C)cc1)CO2. The van der Waals surface area contributed by atoms with E-state index >= 15 is 0 Å². The van der Waals surface area contributed by atoms with Crippen LogP contribution in [0.1, 0.15) is 72.4 Å². The van der Waals surface area contributed by atoms with Crippen LogP contribution in [0.25, 0.3) is 0 Å². The van der Waals surface area contributed by atoms with E-state index in [-0.39, 0.29) is 11.8 Å². The highest BCUT2D eigenvalue weighted by Gasteiger charge is 2.32. The molecule has 3 rings (SSSR count). The molecular formula is C23H29NO2. The van der Waals surface area contributed by atoms with E-state index in [1.54, 1.807) is 0 Å². The number of benzene rings is 2. The number of hydrogen-bond acceptors (Lipinski definition) is 2. The Balaban J connectivity index is 2.07. The molecule has 0 bridgehead atoms. The second-order valence-corrected chi connectivity index (χ2v) is 7.58. The number of amides is 1. The third-order valence-corrected chi connectivity index (χ3v) is 5.64. The number of hydrogen-bond donors (Lipinski definition) is 1. The largest absolute Gasteiger partial charge is 0.492 e. The standard InChI is InChI=1S/C23H29NO2/c1-7-20(25)24-22-14(4)15(5)23-21(16(22)6)19(12-26-23)18-10-8-17(9-11-18)13(2)3/h8-11,13,19H,7,12H2,1-6H3,(H,24,25). The van der Waals surface area contributed by atoms with Gasteiger partial charge < -0.3 is 10.1 Å². The number of carbonyl (C=O) groups is 1. The average Bonchev–Trinajstić information content (AvgIpc) is 3.08. The van der Waals surface area contributed by atoms with Crippen LogP contribution < -0.4 is 10.1 Å². The molecule has 0 aliphatic carbocycles. The Labute approximate surface area is 156 Å². The Morgan fingerprint density at radius 3 is 2.35 bits per heavy atom. The summed E-state index contributed by atoms with van der Waals surface area (Å²) in [5.74, 6) is 1.78. The Hall–Kier alpha value is -2.29. The molecule has 2 aromatic carbocycles. The van der Waals surface area contributed by atoms with Crippen LogP contribution in [0.5, 0.6) is 5.75 Å². The molecule has 3 heteroatoms. The van der Waals surface area contributed by atoms with Gasteiger partial charge in [0.25, 0.3) is 0 Å². The number of nitrogens with one attached hydrogen (secondary N) is 1. The van der Waals surface area contributed by atoms with Crippen molar-refractivity contribution in [1.82, 2.24) is 0 Å². The lowest BCUT2D eigenvalue weighted by Crippen LogP contribution is -2.14. The highest BCUT2D eigenvalue weighted by Crippen LogP contribution is 2.46. The van der Waals surface area contributed by atoms with Crippen molar-refractivity contribution in [2.45, 2.75) is 59.8 Å². The first-order chi connectivity index (χ1) is 12.3. The van der Waals surface area contributed by atoms with Gasteiger partial charge in [-0.3, -0.25) is 4.79 Å². The zero-order valence-electron chi connectivity index (χ0n) is 16.7. The van der Waals surface area contributed by atoms with Crippen molar-refractivity contribution in [2.75, 3.05) is 11.9 Å². The van der Waals surface area contributed by atoms with Crippen LogP contribution in [0.3, 0.4) is 0 Å². The molecule has 0 aromatic heterocycles. The predicted molar refractivity (Wildman–Crippen MR) is 107 cm³/mol. The molecule has 1 aliphatic heterocycles. The molecule has 1 amide bonds. The van der Waals surface area contributed by atoms with Gasteiger partial charge in [0.2, 0.25) is 5.91 Å². The van der Waals surface area contributed by atoms with Crippen LogP contribution in [-0.4, -0.2) is 12.5 Å². The predicted octanol–water partition coefficient (Wildman–Crippen LogP) is 5.61. The molecule has 0 saturated heterocycles. The minimum Gasteiger partial charge on any atom is -0.492 e. The van der Waals surface area contributed by atoms with Gasteiger partial charge in [-0.1, -0.05) is 45.0 Å². The van der Waals surface area contributed by atoms with Crippen LogP contribution in [0.4, 0.5) is 5.69 Å². The quantitative estimate of drug-likeness (QED) is 0.778. The van der Waals surface area contributed by atoms with Crippen LogP contribution in [0.15, 0.2) is 24.3 Å². The third kappa shape index (κ3) is 3.11. The summed E-state index contributed by atoms with van der Waals surface area (Å²) in [6.07, 6.45) is 0.478. The molecule has 0 radical (unpaired) electrons. The molecule has 0 fully saturated rings. The highest BCUT2D eigenvalue weighted by atomic mass is 16.5. The van der Waals surface area contributed by atoms with Gasteiger partial charge in [0.15, 0.2) is 0 Å². The van der Waals surface area contributed by atoms with Gasteiger partial charge in [-0.25, -0.2) is 0 Å². The summed E-state index contributed by atoms with van der Waals surface area (Å²) in [6.45, 7) is 13.2. The third-order valence-electron chi connectivity index (χ3n) is 5.64. The fraction of sp³-hybridized carbons (Fsp3) is 0.435. The number of rotatable bonds is 4. The number of anilines is 1. The average molecular weight is 351 g/mol. The van der Waals surface area contributed by atoms with E-state index in [9.17, 15) is 4.79 Å². The maximum atomic E-state index is 12.0. The second-order valence-electron chi connectivity index (χ2n) is 7.58. The molecule has 1 atom stereocenters. The Morgan fingerprint density at radius 2 is 1.77 bits per heavy atom. The van der Waals surface area contributed by atoms with E-state index in [1.165, 1.54) is 16.7 Å². The minimum atomic E-state index is 0.0484. The Kier molecular flexibility index (Phi) is 5.08. The molecule has 0 saturated carbocycles. The first-order valence-electron chi connectivity index (χ1n) is 9.51. The molecule has 1 N–H and O–H groups in total. The minimum absolute atomic E-state index is 0.0484. The molecular weight excluding hydrogens is 322 g/mol. The van der Waals surface area contributed by atoms with E-state index < -0.39 is 0 Å². The van der Waals surface area contributed by atoms with Crippen molar-refractivity contribution < 1.29 is 9.53 Å². The van der Waals surface area contributed by atoms with Crippen LogP contribution in [-0.2, 0) is 4.79 Å². The van der Waals surface area contributed by atoms with E-state index in [0.717, 1.165) is 28.1 Å². The van der Waals surface area contributed by atoms with Crippen LogP contribution >= 0.6 is 0 Å². The fourth-order valence-electron chi connectivity index (χ4n) is 3.79. The molecule has 3 nitrogen and oxygen atoms in total. The van der Waals surface area contributed by atoms with Gasteiger partial charge >= 0.3 is 0 Å². The summed E-state index contributed by atoms with van der Waals surface area (Å²) in [5.41, 5.74) is 8.13. The summed E-state index contributed by atoms with van der Waals surface area (Å²) < 4.78 is 6.11. The van der Waals surface area contributed by atoms with Gasteiger partial charge in [0, 0.05) is 23.6 Å². The maximum Gasteiger partial charge on any atom is 0.224 e. The lowest BCUT2D eigenvalue weighted by atomic mass is 9.85. The first-order valence-corrected chi connectivity index (χ1v) is 9.51. The Morgan fingerprint density at radius 1 is 1.12 bits per heavy atom. The topological polar surface area (TPSA) is 38.3 Å². The van der Waals surface area contributed by atoms with Gasteiger partial charge in [0.05, 0.1) is 6.61 Å².